The third kappa shape index (κ3) is 1.91. The lowest BCUT2D eigenvalue weighted by Crippen LogP contribution is -2.01. The standard InChI is InChI=1S/C16H6N4O4/c17-7-9(8-18)14-11-4-2-1-3-10(11)12-5-6-13(19(21)22)16(15(12)14)20(23)24/h1-6H. The van der Waals surface area contributed by atoms with Gasteiger partial charge in [0.25, 0.3) is 0 Å². The van der Waals surface area contributed by atoms with Gasteiger partial charge in [-0.2, -0.15) is 10.5 Å². The quantitative estimate of drug-likeness (QED) is 0.404. The minimum Gasteiger partial charge on any atom is -0.258 e. The lowest BCUT2D eigenvalue weighted by molar-refractivity contribution is -0.422. The van der Waals surface area contributed by atoms with Crippen molar-refractivity contribution in [2.24, 2.45) is 0 Å². The predicted octanol–water partition coefficient (Wildman–Crippen LogP) is 3.33. The zero-order valence-corrected chi connectivity index (χ0v) is 11.9. The topological polar surface area (TPSA) is 134 Å². The maximum Gasteiger partial charge on any atom is 0.354 e. The molecule has 114 valence electrons. The highest BCUT2D eigenvalue weighted by molar-refractivity contribution is 6.07. The summed E-state index contributed by atoms with van der Waals surface area (Å²) in [5.74, 6) is 0. The molecule has 0 amide bonds. The SMILES string of the molecule is N#CC(C#N)=C1c2ccccc2-c2ccc([N+](=O)[O-])c([N+](=O)[O-])c21. The Hall–Kier alpha value is -4.04. The second-order valence-corrected chi connectivity index (χ2v) is 4.89. The second kappa shape index (κ2) is 5.30. The Morgan fingerprint density at radius 1 is 0.875 bits per heavy atom. The van der Waals surface area contributed by atoms with Gasteiger partial charge in [0.2, 0.25) is 0 Å². The van der Waals surface area contributed by atoms with E-state index in [1.165, 1.54) is 6.07 Å². The van der Waals surface area contributed by atoms with Gasteiger partial charge in [0.1, 0.15) is 17.7 Å². The average molecular weight is 318 g/mol. The van der Waals surface area contributed by atoms with Crippen molar-refractivity contribution in [3.05, 3.63) is 73.3 Å². The van der Waals surface area contributed by atoms with Crippen molar-refractivity contribution in [2.45, 2.75) is 0 Å². The van der Waals surface area contributed by atoms with Gasteiger partial charge in [0.05, 0.1) is 15.4 Å². The van der Waals surface area contributed by atoms with Gasteiger partial charge >= 0.3 is 11.4 Å². The lowest BCUT2D eigenvalue weighted by Gasteiger charge is -2.04. The van der Waals surface area contributed by atoms with E-state index >= 15 is 0 Å². The van der Waals surface area contributed by atoms with Crippen molar-refractivity contribution in [1.82, 2.24) is 0 Å². The van der Waals surface area contributed by atoms with Crippen molar-refractivity contribution >= 4 is 16.9 Å². The molecule has 0 saturated carbocycles. The normalized spacial score (nSPS) is 11.0. The number of rotatable bonds is 2. The van der Waals surface area contributed by atoms with Crippen LogP contribution in [-0.2, 0) is 0 Å². The molecule has 0 aromatic heterocycles. The molecule has 0 unspecified atom stereocenters. The van der Waals surface area contributed by atoms with E-state index in [1.54, 1.807) is 36.4 Å². The molecule has 1 aliphatic carbocycles. The van der Waals surface area contributed by atoms with Crippen LogP contribution in [-0.4, -0.2) is 9.85 Å². The maximum absolute atomic E-state index is 11.5. The zero-order chi connectivity index (χ0) is 17.4. The van der Waals surface area contributed by atoms with Crippen molar-refractivity contribution in [2.75, 3.05) is 0 Å². The summed E-state index contributed by atoms with van der Waals surface area (Å²) in [6.45, 7) is 0. The van der Waals surface area contributed by atoms with Gasteiger partial charge in [-0.05, 0) is 22.8 Å². The third-order valence-corrected chi connectivity index (χ3v) is 3.75. The van der Waals surface area contributed by atoms with Crippen LogP contribution in [0.15, 0.2) is 42.0 Å². The van der Waals surface area contributed by atoms with E-state index in [0.717, 1.165) is 6.07 Å². The molecule has 0 saturated heterocycles. The van der Waals surface area contributed by atoms with Gasteiger partial charge < -0.3 is 0 Å². The Balaban J connectivity index is 2.56. The van der Waals surface area contributed by atoms with Crippen LogP contribution in [0.5, 0.6) is 0 Å². The summed E-state index contributed by atoms with van der Waals surface area (Å²) >= 11 is 0. The van der Waals surface area contributed by atoms with Crippen molar-refractivity contribution in [3.63, 3.8) is 0 Å². The Bertz CT molecular complexity index is 1030. The maximum atomic E-state index is 11.5. The fourth-order valence-electron chi connectivity index (χ4n) is 2.86. The number of nitriles is 2. The first-order chi connectivity index (χ1) is 11.5. The van der Waals surface area contributed by atoms with Gasteiger partial charge in [0, 0.05) is 11.6 Å². The van der Waals surface area contributed by atoms with Crippen LogP contribution in [0, 0.1) is 42.9 Å². The number of fused-ring (bicyclic) bond motifs is 3. The van der Waals surface area contributed by atoms with Gasteiger partial charge in [-0.1, -0.05) is 24.3 Å². The molecule has 3 rings (SSSR count). The van der Waals surface area contributed by atoms with Crippen LogP contribution < -0.4 is 0 Å². The molecule has 0 N–H and O–H groups in total. The average Bonchev–Trinajstić information content (AvgIpc) is 2.90. The van der Waals surface area contributed by atoms with Crippen LogP contribution in [0.2, 0.25) is 0 Å². The summed E-state index contributed by atoms with van der Waals surface area (Å²) < 4.78 is 0. The number of allylic oxidation sites excluding steroid dienone is 1. The lowest BCUT2D eigenvalue weighted by atomic mass is 9.97. The molecule has 0 radical (unpaired) electrons. The molecule has 0 atom stereocenters. The summed E-state index contributed by atoms with van der Waals surface area (Å²) in [7, 11) is 0. The monoisotopic (exact) mass is 318 g/mol. The highest BCUT2D eigenvalue weighted by Gasteiger charge is 2.39. The number of nitro benzene ring substituents is 2. The number of nitro groups is 2. The summed E-state index contributed by atoms with van der Waals surface area (Å²) in [6.07, 6.45) is 0. The van der Waals surface area contributed by atoms with Gasteiger partial charge in [-0.15, -0.1) is 0 Å². The summed E-state index contributed by atoms with van der Waals surface area (Å²) in [5, 5.41) is 41.1. The Morgan fingerprint density at radius 2 is 1.50 bits per heavy atom. The first kappa shape index (κ1) is 14.9. The van der Waals surface area contributed by atoms with Crippen LogP contribution in [0.3, 0.4) is 0 Å². The van der Waals surface area contributed by atoms with Crippen molar-refractivity contribution in [1.29, 1.82) is 10.5 Å². The first-order valence-corrected chi connectivity index (χ1v) is 6.61. The molecule has 24 heavy (non-hydrogen) atoms. The molecule has 0 aliphatic heterocycles. The third-order valence-electron chi connectivity index (χ3n) is 3.75. The molecule has 1 aliphatic rings. The van der Waals surface area contributed by atoms with Crippen LogP contribution in [0.4, 0.5) is 11.4 Å². The van der Waals surface area contributed by atoms with E-state index in [1.807, 2.05) is 0 Å². The molecule has 0 fully saturated rings. The van der Waals surface area contributed by atoms with Gasteiger partial charge in [-0.3, -0.25) is 20.2 Å². The summed E-state index contributed by atoms with van der Waals surface area (Å²) in [6, 6.07) is 12.6. The number of hydrogen-bond donors (Lipinski definition) is 0. The van der Waals surface area contributed by atoms with Crippen molar-refractivity contribution < 1.29 is 9.85 Å². The minimum absolute atomic E-state index is 0.0565. The van der Waals surface area contributed by atoms with Crippen LogP contribution in [0.1, 0.15) is 11.1 Å². The summed E-state index contributed by atoms with van der Waals surface area (Å²) in [4.78, 5) is 21.0. The van der Waals surface area contributed by atoms with E-state index in [2.05, 4.69) is 0 Å². The van der Waals surface area contributed by atoms with Gasteiger partial charge in [-0.25, -0.2) is 0 Å². The zero-order valence-electron chi connectivity index (χ0n) is 11.9. The molecular formula is C16H6N4O4. The summed E-state index contributed by atoms with van der Waals surface area (Å²) in [5.41, 5.74) is -0.288. The van der Waals surface area contributed by atoms with E-state index in [-0.39, 0.29) is 16.7 Å². The van der Waals surface area contributed by atoms with Crippen molar-refractivity contribution in [3.8, 4) is 23.3 Å². The Labute approximate surface area is 134 Å². The molecule has 8 heteroatoms. The molecular weight excluding hydrogens is 312 g/mol. The predicted molar refractivity (Wildman–Crippen MR) is 82.4 cm³/mol. The fourth-order valence-corrected chi connectivity index (χ4v) is 2.86. The van der Waals surface area contributed by atoms with E-state index in [4.69, 9.17) is 0 Å². The number of benzene rings is 2. The Morgan fingerprint density at radius 3 is 2.04 bits per heavy atom. The molecule has 2 aromatic carbocycles. The van der Waals surface area contributed by atoms with E-state index < -0.39 is 21.2 Å². The fraction of sp³-hybridized carbons (Fsp3) is 0. The molecule has 2 aromatic rings. The molecule has 0 spiro atoms. The number of nitrogens with zero attached hydrogens (tertiary/aromatic N) is 4. The first-order valence-electron chi connectivity index (χ1n) is 6.61. The smallest absolute Gasteiger partial charge is 0.258 e. The van der Waals surface area contributed by atoms with E-state index in [0.29, 0.717) is 16.7 Å². The molecule has 8 nitrogen and oxygen atoms in total. The number of hydrogen-bond acceptors (Lipinski definition) is 6. The second-order valence-electron chi connectivity index (χ2n) is 4.89. The van der Waals surface area contributed by atoms with E-state index in [9.17, 15) is 30.8 Å². The minimum atomic E-state index is -0.852. The molecule has 0 bridgehead atoms. The Kier molecular flexibility index (Phi) is 3.29. The van der Waals surface area contributed by atoms with Gasteiger partial charge in [0.15, 0.2) is 0 Å². The van der Waals surface area contributed by atoms with Crippen LogP contribution in [0.25, 0.3) is 16.7 Å². The van der Waals surface area contributed by atoms with Crippen LogP contribution >= 0.6 is 0 Å². The largest absolute Gasteiger partial charge is 0.354 e. The molecule has 0 heterocycles. The highest BCUT2D eigenvalue weighted by atomic mass is 16.6. The highest BCUT2D eigenvalue weighted by Crippen LogP contribution is 2.51.